The third-order valence-electron chi connectivity index (χ3n) is 5.30. The zero-order chi connectivity index (χ0) is 18.9. The predicted molar refractivity (Wildman–Crippen MR) is 109 cm³/mol. The van der Waals surface area contributed by atoms with Crippen LogP contribution in [0.5, 0.6) is 0 Å². The molecule has 0 aliphatic carbocycles. The van der Waals surface area contributed by atoms with Crippen LogP contribution in [0.3, 0.4) is 0 Å². The minimum Gasteiger partial charge on any atom is -0.381 e. The zero-order valence-electron chi connectivity index (χ0n) is 14.7. The molecular weight excluding hydrogens is 383 g/mol. The van der Waals surface area contributed by atoms with E-state index in [-0.39, 0.29) is 11.3 Å². The van der Waals surface area contributed by atoms with Gasteiger partial charge < -0.3 is 15.0 Å². The molecule has 4 rings (SSSR count). The Labute approximate surface area is 167 Å². The lowest BCUT2D eigenvalue weighted by molar-refractivity contribution is 0.0487. The number of rotatable bonds is 4. The number of aromatic nitrogens is 1. The second kappa shape index (κ2) is 7.55. The molecule has 2 aromatic carbocycles. The molecule has 1 saturated heterocycles. The second-order valence-corrected chi connectivity index (χ2v) is 7.87. The minimum atomic E-state index is -0.172. The molecule has 6 heteroatoms. The summed E-state index contributed by atoms with van der Waals surface area (Å²) in [6.07, 6.45) is 1.69. The first-order chi connectivity index (χ1) is 13.1. The van der Waals surface area contributed by atoms with E-state index < -0.39 is 0 Å². The molecule has 1 amide bonds. The van der Waals surface area contributed by atoms with E-state index in [0.717, 1.165) is 29.3 Å². The lowest BCUT2D eigenvalue weighted by atomic mass is 9.74. The van der Waals surface area contributed by atoms with E-state index in [1.54, 1.807) is 0 Å². The average Bonchev–Trinajstić information content (AvgIpc) is 3.10. The van der Waals surface area contributed by atoms with Gasteiger partial charge in [-0.1, -0.05) is 41.4 Å². The van der Waals surface area contributed by atoms with Gasteiger partial charge in [-0.3, -0.25) is 4.79 Å². The van der Waals surface area contributed by atoms with Crippen LogP contribution < -0.4 is 5.32 Å². The second-order valence-electron chi connectivity index (χ2n) is 7.00. The van der Waals surface area contributed by atoms with Crippen LogP contribution in [0, 0.1) is 0 Å². The fourth-order valence-electron chi connectivity index (χ4n) is 3.71. The number of fused-ring (bicyclic) bond motifs is 1. The molecule has 4 nitrogen and oxygen atoms in total. The maximum atomic E-state index is 12.7. The van der Waals surface area contributed by atoms with Gasteiger partial charge in [-0.05, 0) is 48.7 Å². The number of amides is 1. The maximum absolute atomic E-state index is 12.7. The number of aromatic amines is 1. The van der Waals surface area contributed by atoms with Gasteiger partial charge >= 0.3 is 0 Å². The van der Waals surface area contributed by atoms with E-state index in [9.17, 15) is 4.79 Å². The predicted octanol–water partition coefficient (Wildman–Crippen LogP) is 4.95. The van der Waals surface area contributed by atoms with E-state index in [2.05, 4.69) is 16.4 Å². The molecule has 2 N–H and O–H groups in total. The SMILES string of the molecule is O=C(NCC1(c2cccc(Cl)c2)CCOCC1)c1cc2ccc(Cl)cc2[nH]1. The van der Waals surface area contributed by atoms with Crippen LogP contribution in [0.2, 0.25) is 10.0 Å². The molecule has 0 unspecified atom stereocenters. The number of H-pyrrole nitrogens is 1. The van der Waals surface area contributed by atoms with Crippen molar-refractivity contribution >= 4 is 40.0 Å². The highest BCUT2D eigenvalue weighted by molar-refractivity contribution is 6.31. The van der Waals surface area contributed by atoms with E-state index in [1.807, 2.05) is 42.5 Å². The molecule has 3 aromatic rings. The third-order valence-corrected chi connectivity index (χ3v) is 5.77. The molecule has 2 heterocycles. The number of ether oxygens (including phenoxy) is 1. The largest absolute Gasteiger partial charge is 0.381 e. The van der Waals surface area contributed by atoms with Gasteiger partial charge in [0.2, 0.25) is 0 Å². The highest BCUT2D eigenvalue weighted by Gasteiger charge is 2.35. The van der Waals surface area contributed by atoms with Crippen molar-refractivity contribution in [3.05, 3.63) is 69.8 Å². The molecule has 0 saturated carbocycles. The van der Waals surface area contributed by atoms with Crippen molar-refractivity contribution < 1.29 is 9.53 Å². The molecule has 27 heavy (non-hydrogen) atoms. The Morgan fingerprint density at radius 1 is 1.07 bits per heavy atom. The summed E-state index contributed by atoms with van der Waals surface area (Å²) in [5.41, 5.74) is 2.35. The molecule has 140 valence electrons. The molecule has 0 spiro atoms. The van der Waals surface area contributed by atoms with Crippen molar-refractivity contribution in [1.82, 2.24) is 10.3 Å². The number of hydrogen-bond donors (Lipinski definition) is 2. The van der Waals surface area contributed by atoms with Gasteiger partial charge in [-0.2, -0.15) is 0 Å². The first-order valence-corrected chi connectivity index (χ1v) is 9.72. The molecule has 1 aromatic heterocycles. The number of benzene rings is 2. The first kappa shape index (κ1) is 18.4. The Morgan fingerprint density at radius 3 is 2.63 bits per heavy atom. The van der Waals surface area contributed by atoms with E-state index >= 15 is 0 Å². The highest BCUT2D eigenvalue weighted by atomic mass is 35.5. The highest BCUT2D eigenvalue weighted by Crippen LogP contribution is 2.35. The zero-order valence-corrected chi connectivity index (χ0v) is 16.2. The summed E-state index contributed by atoms with van der Waals surface area (Å²) in [7, 11) is 0. The Balaban J connectivity index is 1.55. The Hall–Kier alpha value is -2.01. The topological polar surface area (TPSA) is 54.1 Å². The number of halogens is 2. The molecule has 1 aliphatic rings. The van der Waals surface area contributed by atoms with Gasteiger partial charge in [0.1, 0.15) is 5.69 Å². The monoisotopic (exact) mass is 402 g/mol. The van der Waals surface area contributed by atoms with Crippen molar-refractivity contribution in [2.75, 3.05) is 19.8 Å². The number of carbonyl (C=O) groups excluding carboxylic acids is 1. The van der Waals surface area contributed by atoms with Crippen molar-refractivity contribution in [1.29, 1.82) is 0 Å². The molecule has 0 radical (unpaired) electrons. The molecule has 1 aliphatic heterocycles. The molecule has 0 bridgehead atoms. The van der Waals surface area contributed by atoms with Crippen LogP contribution in [0.4, 0.5) is 0 Å². The third kappa shape index (κ3) is 3.84. The molecule has 0 atom stereocenters. The number of nitrogens with one attached hydrogen (secondary N) is 2. The van der Waals surface area contributed by atoms with Gasteiger partial charge in [0.25, 0.3) is 5.91 Å². The Bertz CT molecular complexity index is 977. The summed E-state index contributed by atoms with van der Waals surface area (Å²) >= 11 is 12.2. The van der Waals surface area contributed by atoms with Crippen LogP contribution in [-0.4, -0.2) is 30.6 Å². The van der Waals surface area contributed by atoms with Gasteiger partial charge in [0, 0.05) is 46.1 Å². The fourth-order valence-corrected chi connectivity index (χ4v) is 4.08. The Morgan fingerprint density at radius 2 is 1.85 bits per heavy atom. The molecule has 1 fully saturated rings. The Kier molecular flexibility index (Phi) is 5.13. The van der Waals surface area contributed by atoms with E-state index in [4.69, 9.17) is 27.9 Å². The van der Waals surface area contributed by atoms with Crippen LogP contribution in [-0.2, 0) is 10.2 Å². The number of carbonyl (C=O) groups is 1. The van der Waals surface area contributed by atoms with Gasteiger partial charge in [-0.25, -0.2) is 0 Å². The van der Waals surface area contributed by atoms with Crippen LogP contribution in [0.25, 0.3) is 10.9 Å². The first-order valence-electron chi connectivity index (χ1n) is 8.96. The van der Waals surface area contributed by atoms with Crippen molar-refractivity contribution in [2.24, 2.45) is 0 Å². The number of hydrogen-bond acceptors (Lipinski definition) is 2. The summed E-state index contributed by atoms with van der Waals surface area (Å²) in [6.45, 7) is 1.88. The van der Waals surface area contributed by atoms with Crippen molar-refractivity contribution in [3.8, 4) is 0 Å². The van der Waals surface area contributed by atoms with Crippen molar-refractivity contribution in [2.45, 2.75) is 18.3 Å². The maximum Gasteiger partial charge on any atom is 0.267 e. The lowest BCUT2D eigenvalue weighted by Crippen LogP contribution is -2.44. The van der Waals surface area contributed by atoms with Crippen LogP contribution in [0.15, 0.2) is 48.5 Å². The van der Waals surface area contributed by atoms with Gasteiger partial charge in [-0.15, -0.1) is 0 Å². The van der Waals surface area contributed by atoms with Gasteiger partial charge in [0.05, 0.1) is 0 Å². The van der Waals surface area contributed by atoms with E-state index in [0.29, 0.717) is 35.5 Å². The average molecular weight is 403 g/mol. The quantitative estimate of drug-likeness (QED) is 0.648. The summed E-state index contributed by atoms with van der Waals surface area (Å²) in [6, 6.07) is 15.3. The normalized spacial score (nSPS) is 16.4. The van der Waals surface area contributed by atoms with E-state index in [1.165, 1.54) is 0 Å². The minimum absolute atomic E-state index is 0.129. The van der Waals surface area contributed by atoms with Crippen LogP contribution in [0.1, 0.15) is 28.9 Å². The summed E-state index contributed by atoms with van der Waals surface area (Å²) in [5.74, 6) is -0.129. The van der Waals surface area contributed by atoms with Crippen molar-refractivity contribution in [3.63, 3.8) is 0 Å². The van der Waals surface area contributed by atoms with Gasteiger partial charge in [0.15, 0.2) is 0 Å². The molecular formula is C21H20Cl2N2O2. The summed E-state index contributed by atoms with van der Waals surface area (Å²) in [4.78, 5) is 15.9. The summed E-state index contributed by atoms with van der Waals surface area (Å²) < 4.78 is 5.55. The summed E-state index contributed by atoms with van der Waals surface area (Å²) in [5, 5.41) is 5.40. The standard InChI is InChI=1S/C21H20Cl2N2O2/c22-16-3-1-2-15(11-16)21(6-8-27-9-7-21)13-24-20(26)19-10-14-4-5-17(23)12-18(14)25-19/h1-5,10-12,25H,6-9,13H2,(H,24,26). The smallest absolute Gasteiger partial charge is 0.267 e. The lowest BCUT2D eigenvalue weighted by Gasteiger charge is -2.38. The fraction of sp³-hybridized carbons (Fsp3) is 0.286. The van der Waals surface area contributed by atoms with Crippen LogP contribution >= 0.6 is 23.2 Å².